The third kappa shape index (κ3) is 2.99. The topological polar surface area (TPSA) is 56.3 Å². The molecule has 1 aromatic carbocycles. The Balaban J connectivity index is 2.38. The van der Waals surface area contributed by atoms with Crippen molar-refractivity contribution < 1.29 is 9.47 Å². The SMILES string of the molecule is CCNc1nc(C)nc(Oc2ccccc2OC)c1C. The second kappa shape index (κ2) is 6.23. The number of benzene rings is 1. The van der Waals surface area contributed by atoms with Gasteiger partial charge in [0.15, 0.2) is 11.5 Å². The number of nitrogens with one attached hydrogen (secondary N) is 1. The van der Waals surface area contributed by atoms with Crippen LogP contribution in [0.15, 0.2) is 24.3 Å². The molecule has 1 aromatic heterocycles. The summed E-state index contributed by atoms with van der Waals surface area (Å²) in [5.41, 5.74) is 0.878. The summed E-state index contributed by atoms with van der Waals surface area (Å²) in [6.07, 6.45) is 0. The van der Waals surface area contributed by atoms with Crippen molar-refractivity contribution >= 4 is 5.82 Å². The van der Waals surface area contributed by atoms with E-state index in [9.17, 15) is 0 Å². The van der Waals surface area contributed by atoms with Gasteiger partial charge in [0.2, 0.25) is 5.88 Å². The maximum atomic E-state index is 5.88. The first kappa shape index (κ1) is 14.1. The second-order valence-electron chi connectivity index (χ2n) is 4.33. The van der Waals surface area contributed by atoms with E-state index in [1.165, 1.54) is 0 Å². The molecule has 0 unspecified atom stereocenters. The van der Waals surface area contributed by atoms with E-state index in [2.05, 4.69) is 15.3 Å². The third-order valence-electron chi connectivity index (χ3n) is 2.83. The Morgan fingerprint density at radius 3 is 2.45 bits per heavy atom. The molecule has 0 aliphatic rings. The van der Waals surface area contributed by atoms with Crippen LogP contribution in [0.1, 0.15) is 18.3 Å². The van der Waals surface area contributed by atoms with E-state index >= 15 is 0 Å². The van der Waals surface area contributed by atoms with E-state index in [4.69, 9.17) is 9.47 Å². The smallest absolute Gasteiger partial charge is 0.227 e. The van der Waals surface area contributed by atoms with Gasteiger partial charge in [0.1, 0.15) is 11.6 Å². The Hall–Kier alpha value is -2.30. The van der Waals surface area contributed by atoms with Crippen LogP contribution in [0.4, 0.5) is 5.82 Å². The molecular weight excluding hydrogens is 254 g/mol. The predicted octanol–water partition coefficient (Wildman–Crippen LogP) is 3.33. The van der Waals surface area contributed by atoms with Crippen LogP contribution in [0.25, 0.3) is 0 Å². The number of rotatable bonds is 5. The van der Waals surface area contributed by atoms with Crippen molar-refractivity contribution in [1.29, 1.82) is 0 Å². The van der Waals surface area contributed by atoms with Crippen LogP contribution < -0.4 is 14.8 Å². The van der Waals surface area contributed by atoms with Crippen molar-refractivity contribution in [3.05, 3.63) is 35.7 Å². The molecule has 0 fully saturated rings. The van der Waals surface area contributed by atoms with Crippen LogP contribution in [0.3, 0.4) is 0 Å². The fourth-order valence-corrected chi connectivity index (χ4v) is 1.85. The molecule has 0 aliphatic carbocycles. The Bertz CT molecular complexity index is 600. The monoisotopic (exact) mass is 273 g/mol. The molecule has 0 radical (unpaired) electrons. The molecule has 0 saturated heterocycles. The van der Waals surface area contributed by atoms with Gasteiger partial charge in [-0.25, -0.2) is 4.98 Å². The predicted molar refractivity (Wildman–Crippen MR) is 78.7 cm³/mol. The Morgan fingerprint density at radius 2 is 1.80 bits per heavy atom. The van der Waals surface area contributed by atoms with Gasteiger partial charge in [0, 0.05) is 6.54 Å². The minimum atomic E-state index is 0.540. The molecule has 0 spiro atoms. The van der Waals surface area contributed by atoms with Gasteiger partial charge in [-0.3, -0.25) is 0 Å². The molecule has 0 amide bonds. The van der Waals surface area contributed by atoms with Crippen LogP contribution in [0.2, 0.25) is 0 Å². The molecule has 2 rings (SSSR count). The highest BCUT2D eigenvalue weighted by atomic mass is 16.5. The van der Waals surface area contributed by atoms with Gasteiger partial charge in [0.05, 0.1) is 12.7 Å². The molecule has 0 atom stereocenters. The van der Waals surface area contributed by atoms with Crippen molar-refractivity contribution in [2.45, 2.75) is 20.8 Å². The zero-order valence-corrected chi connectivity index (χ0v) is 12.2. The quantitative estimate of drug-likeness (QED) is 0.905. The van der Waals surface area contributed by atoms with E-state index in [-0.39, 0.29) is 0 Å². The van der Waals surface area contributed by atoms with Crippen molar-refractivity contribution in [3.63, 3.8) is 0 Å². The lowest BCUT2D eigenvalue weighted by Crippen LogP contribution is -2.06. The Morgan fingerprint density at radius 1 is 1.10 bits per heavy atom. The lowest BCUT2D eigenvalue weighted by molar-refractivity contribution is 0.372. The molecule has 5 heteroatoms. The van der Waals surface area contributed by atoms with Gasteiger partial charge in [-0.05, 0) is 32.9 Å². The standard InChI is InChI=1S/C15H19N3O2/c1-5-16-14-10(2)15(18-11(3)17-14)20-13-9-7-6-8-12(13)19-4/h6-9H,5H2,1-4H3,(H,16,17,18). The summed E-state index contributed by atoms with van der Waals surface area (Å²) in [5.74, 6) is 3.31. The Kier molecular flexibility index (Phi) is 4.40. The van der Waals surface area contributed by atoms with Crippen LogP contribution in [-0.4, -0.2) is 23.6 Å². The molecule has 1 heterocycles. The van der Waals surface area contributed by atoms with Crippen LogP contribution >= 0.6 is 0 Å². The summed E-state index contributed by atoms with van der Waals surface area (Å²) >= 11 is 0. The van der Waals surface area contributed by atoms with Gasteiger partial charge in [-0.1, -0.05) is 12.1 Å². The number of hydrogen-bond acceptors (Lipinski definition) is 5. The fourth-order valence-electron chi connectivity index (χ4n) is 1.85. The Labute approximate surface area is 119 Å². The van der Waals surface area contributed by atoms with Crippen molar-refractivity contribution in [2.75, 3.05) is 19.0 Å². The van der Waals surface area contributed by atoms with Gasteiger partial charge in [-0.2, -0.15) is 4.98 Å². The van der Waals surface area contributed by atoms with Gasteiger partial charge < -0.3 is 14.8 Å². The lowest BCUT2D eigenvalue weighted by atomic mass is 10.3. The summed E-state index contributed by atoms with van der Waals surface area (Å²) in [6, 6.07) is 7.49. The van der Waals surface area contributed by atoms with Gasteiger partial charge in [-0.15, -0.1) is 0 Å². The molecule has 0 bridgehead atoms. The first-order valence-electron chi connectivity index (χ1n) is 6.55. The van der Waals surface area contributed by atoms with E-state index in [0.29, 0.717) is 23.2 Å². The first-order chi connectivity index (χ1) is 9.65. The molecule has 1 N–H and O–H groups in total. The summed E-state index contributed by atoms with van der Waals surface area (Å²) in [7, 11) is 1.62. The van der Waals surface area contributed by atoms with E-state index in [1.807, 2.05) is 45.0 Å². The minimum absolute atomic E-state index is 0.540. The normalized spacial score (nSPS) is 10.2. The van der Waals surface area contributed by atoms with E-state index < -0.39 is 0 Å². The van der Waals surface area contributed by atoms with Gasteiger partial charge in [0.25, 0.3) is 0 Å². The maximum absolute atomic E-state index is 5.88. The summed E-state index contributed by atoms with van der Waals surface area (Å²) in [6.45, 7) is 6.60. The second-order valence-corrected chi connectivity index (χ2v) is 4.33. The first-order valence-corrected chi connectivity index (χ1v) is 6.55. The zero-order chi connectivity index (χ0) is 14.5. The molecule has 0 saturated carbocycles. The maximum Gasteiger partial charge on any atom is 0.227 e. The molecule has 5 nitrogen and oxygen atoms in total. The van der Waals surface area contributed by atoms with Crippen LogP contribution in [-0.2, 0) is 0 Å². The van der Waals surface area contributed by atoms with E-state index in [0.717, 1.165) is 17.9 Å². The number of aromatic nitrogens is 2. The van der Waals surface area contributed by atoms with Crippen molar-refractivity contribution in [2.24, 2.45) is 0 Å². The highest BCUT2D eigenvalue weighted by molar-refractivity contribution is 5.51. The number of ether oxygens (including phenoxy) is 2. The number of methoxy groups -OCH3 is 1. The number of hydrogen-bond donors (Lipinski definition) is 1. The number of anilines is 1. The average Bonchev–Trinajstić information content (AvgIpc) is 2.44. The summed E-state index contributed by atoms with van der Waals surface area (Å²) < 4.78 is 11.2. The minimum Gasteiger partial charge on any atom is -0.493 e. The molecule has 20 heavy (non-hydrogen) atoms. The molecule has 2 aromatic rings. The van der Waals surface area contributed by atoms with Gasteiger partial charge >= 0.3 is 0 Å². The van der Waals surface area contributed by atoms with Crippen LogP contribution in [0.5, 0.6) is 17.4 Å². The van der Waals surface area contributed by atoms with E-state index in [1.54, 1.807) is 7.11 Å². The fraction of sp³-hybridized carbons (Fsp3) is 0.333. The zero-order valence-electron chi connectivity index (χ0n) is 12.2. The molecular formula is C15H19N3O2. The highest BCUT2D eigenvalue weighted by Crippen LogP contribution is 2.33. The van der Waals surface area contributed by atoms with Crippen molar-refractivity contribution in [1.82, 2.24) is 9.97 Å². The summed E-state index contributed by atoms with van der Waals surface area (Å²) in [4.78, 5) is 8.73. The number of aryl methyl sites for hydroxylation is 1. The molecule has 106 valence electrons. The number of nitrogens with zero attached hydrogens (tertiary/aromatic N) is 2. The number of para-hydroxylation sites is 2. The van der Waals surface area contributed by atoms with Crippen molar-refractivity contribution in [3.8, 4) is 17.4 Å². The highest BCUT2D eigenvalue weighted by Gasteiger charge is 2.12. The molecule has 0 aliphatic heterocycles. The third-order valence-corrected chi connectivity index (χ3v) is 2.83. The average molecular weight is 273 g/mol. The van der Waals surface area contributed by atoms with Crippen LogP contribution in [0, 0.1) is 13.8 Å². The lowest BCUT2D eigenvalue weighted by Gasteiger charge is -2.14. The largest absolute Gasteiger partial charge is 0.493 e. The summed E-state index contributed by atoms with van der Waals surface area (Å²) in [5, 5.41) is 3.21.